The van der Waals surface area contributed by atoms with E-state index < -0.39 is 17.9 Å². The molecule has 1 aliphatic heterocycles. The van der Waals surface area contributed by atoms with Crippen LogP contribution < -0.4 is 5.32 Å². The summed E-state index contributed by atoms with van der Waals surface area (Å²) in [5, 5.41) is 2.65. The van der Waals surface area contributed by atoms with Gasteiger partial charge in [0.05, 0.1) is 25.4 Å². The van der Waals surface area contributed by atoms with Gasteiger partial charge >= 0.3 is 11.9 Å². The van der Waals surface area contributed by atoms with Crippen molar-refractivity contribution in [2.24, 2.45) is 0 Å². The molecule has 1 heterocycles. The molecule has 1 aliphatic rings. The van der Waals surface area contributed by atoms with Crippen molar-refractivity contribution in [1.29, 1.82) is 0 Å². The van der Waals surface area contributed by atoms with Crippen molar-refractivity contribution in [1.82, 2.24) is 5.32 Å². The minimum absolute atomic E-state index is 0.152. The fourth-order valence-corrected chi connectivity index (χ4v) is 2.54. The molecule has 116 valence electrons. The van der Waals surface area contributed by atoms with Gasteiger partial charge in [-0.1, -0.05) is 12.1 Å². The van der Waals surface area contributed by atoms with Crippen molar-refractivity contribution in [2.75, 3.05) is 14.2 Å². The molecule has 6 heteroatoms. The highest BCUT2D eigenvalue weighted by molar-refractivity contribution is 5.96. The average Bonchev–Trinajstić information content (AvgIpc) is 2.53. The maximum absolute atomic E-state index is 12.0. The maximum atomic E-state index is 12.0. The Kier molecular flexibility index (Phi) is 4.60. The van der Waals surface area contributed by atoms with Crippen LogP contribution in [0.15, 0.2) is 35.5 Å². The molecular formula is C16H17NO5. The number of methoxy groups -OCH3 is 2. The van der Waals surface area contributed by atoms with E-state index in [1.165, 1.54) is 14.2 Å². The van der Waals surface area contributed by atoms with Crippen LogP contribution in [0.5, 0.6) is 0 Å². The van der Waals surface area contributed by atoms with Crippen LogP contribution in [0.3, 0.4) is 0 Å². The zero-order valence-corrected chi connectivity index (χ0v) is 12.6. The lowest BCUT2D eigenvalue weighted by Gasteiger charge is -2.26. The Labute approximate surface area is 128 Å². The van der Waals surface area contributed by atoms with Gasteiger partial charge in [-0.05, 0) is 24.6 Å². The summed E-state index contributed by atoms with van der Waals surface area (Å²) in [5.74, 6) is -1.47. The molecule has 0 aliphatic carbocycles. The smallest absolute Gasteiger partial charge is 0.337 e. The second kappa shape index (κ2) is 6.43. The summed E-state index contributed by atoms with van der Waals surface area (Å²) < 4.78 is 9.45. The fourth-order valence-electron chi connectivity index (χ4n) is 2.54. The summed E-state index contributed by atoms with van der Waals surface area (Å²) in [4.78, 5) is 35.2. The van der Waals surface area contributed by atoms with Gasteiger partial charge in [-0.3, -0.25) is 4.79 Å². The van der Waals surface area contributed by atoms with E-state index in [9.17, 15) is 14.4 Å². The molecule has 1 unspecified atom stereocenters. The van der Waals surface area contributed by atoms with E-state index >= 15 is 0 Å². The molecule has 0 bridgehead atoms. The first kappa shape index (κ1) is 15.8. The standard InChI is InChI=1S/C16H17NO5/c1-9-14(16(20)22-3)12(8-13(18)17-9)10-4-6-11(7-5-10)15(19)21-2/h4-7,12H,8H2,1-3H3,(H,17,18). The Morgan fingerprint density at radius 3 is 2.23 bits per heavy atom. The fraction of sp³-hybridized carbons (Fsp3) is 0.312. The molecule has 1 amide bonds. The average molecular weight is 303 g/mol. The number of carbonyl (C=O) groups is 3. The quantitative estimate of drug-likeness (QED) is 0.856. The molecule has 1 aromatic rings. The third kappa shape index (κ3) is 3.00. The molecular weight excluding hydrogens is 286 g/mol. The van der Waals surface area contributed by atoms with Crippen molar-refractivity contribution < 1.29 is 23.9 Å². The third-order valence-electron chi connectivity index (χ3n) is 3.61. The molecule has 1 aromatic carbocycles. The topological polar surface area (TPSA) is 81.7 Å². The second-order valence-electron chi connectivity index (χ2n) is 4.95. The second-order valence-corrected chi connectivity index (χ2v) is 4.95. The van der Waals surface area contributed by atoms with Crippen molar-refractivity contribution in [3.8, 4) is 0 Å². The number of ether oxygens (including phenoxy) is 2. The summed E-state index contributed by atoms with van der Waals surface area (Å²) in [6, 6.07) is 6.65. The lowest BCUT2D eigenvalue weighted by atomic mass is 9.84. The van der Waals surface area contributed by atoms with Gasteiger partial charge in [-0.2, -0.15) is 0 Å². The third-order valence-corrected chi connectivity index (χ3v) is 3.61. The van der Waals surface area contributed by atoms with E-state index in [1.807, 2.05) is 0 Å². The van der Waals surface area contributed by atoms with E-state index in [2.05, 4.69) is 10.1 Å². The van der Waals surface area contributed by atoms with Crippen LogP contribution in [0, 0.1) is 0 Å². The Hall–Kier alpha value is -2.63. The van der Waals surface area contributed by atoms with Crippen LogP contribution in [0.1, 0.15) is 35.2 Å². The number of rotatable bonds is 3. The number of esters is 2. The Morgan fingerprint density at radius 2 is 1.68 bits per heavy atom. The molecule has 0 saturated heterocycles. The first-order valence-electron chi connectivity index (χ1n) is 6.75. The van der Waals surface area contributed by atoms with Gasteiger partial charge in [0.2, 0.25) is 5.91 Å². The van der Waals surface area contributed by atoms with Crippen LogP contribution >= 0.6 is 0 Å². The largest absolute Gasteiger partial charge is 0.466 e. The van der Waals surface area contributed by atoms with Crippen LogP contribution in [0.4, 0.5) is 0 Å². The van der Waals surface area contributed by atoms with E-state index in [0.29, 0.717) is 16.8 Å². The van der Waals surface area contributed by atoms with Crippen LogP contribution in [0.2, 0.25) is 0 Å². The number of benzene rings is 1. The molecule has 0 radical (unpaired) electrons. The van der Waals surface area contributed by atoms with Gasteiger partial charge in [-0.25, -0.2) is 9.59 Å². The molecule has 1 N–H and O–H groups in total. The summed E-state index contributed by atoms with van der Waals surface area (Å²) >= 11 is 0. The number of hydrogen-bond donors (Lipinski definition) is 1. The van der Waals surface area contributed by atoms with E-state index in [1.54, 1.807) is 31.2 Å². The van der Waals surface area contributed by atoms with Crippen LogP contribution in [0.25, 0.3) is 0 Å². The molecule has 0 aromatic heterocycles. The normalized spacial score (nSPS) is 17.8. The molecule has 0 spiro atoms. The van der Waals surface area contributed by atoms with Gasteiger partial charge < -0.3 is 14.8 Å². The van der Waals surface area contributed by atoms with Gasteiger partial charge in [0.25, 0.3) is 0 Å². The Bertz CT molecular complexity index is 645. The number of allylic oxidation sites excluding steroid dienone is 1. The number of nitrogens with one attached hydrogen (secondary N) is 1. The zero-order chi connectivity index (χ0) is 16.3. The highest BCUT2D eigenvalue weighted by Crippen LogP contribution is 2.33. The highest BCUT2D eigenvalue weighted by Gasteiger charge is 2.32. The van der Waals surface area contributed by atoms with Crippen LogP contribution in [-0.4, -0.2) is 32.1 Å². The lowest BCUT2D eigenvalue weighted by Crippen LogP contribution is -2.34. The molecule has 0 saturated carbocycles. The Morgan fingerprint density at radius 1 is 1.09 bits per heavy atom. The van der Waals surface area contributed by atoms with Crippen molar-refractivity contribution in [3.05, 3.63) is 46.7 Å². The molecule has 6 nitrogen and oxygen atoms in total. The van der Waals surface area contributed by atoms with Gasteiger partial charge in [0.1, 0.15) is 0 Å². The highest BCUT2D eigenvalue weighted by atomic mass is 16.5. The summed E-state index contributed by atoms with van der Waals surface area (Å²) in [7, 11) is 2.61. The minimum Gasteiger partial charge on any atom is -0.466 e. The zero-order valence-electron chi connectivity index (χ0n) is 12.6. The van der Waals surface area contributed by atoms with Gasteiger partial charge in [0, 0.05) is 18.0 Å². The molecule has 1 atom stereocenters. The summed E-state index contributed by atoms with van der Waals surface area (Å²) in [5.41, 5.74) is 2.09. The number of hydrogen-bond acceptors (Lipinski definition) is 5. The predicted octanol–water partition coefficient (Wildman–Crippen LogP) is 1.52. The van der Waals surface area contributed by atoms with E-state index in [4.69, 9.17) is 4.74 Å². The monoisotopic (exact) mass is 303 g/mol. The summed E-state index contributed by atoms with van der Waals surface area (Å²) in [6.45, 7) is 1.67. The first-order valence-corrected chi connectivity index (χ1v) is 6.75. The van der Waals surface area contributed by atoms with Crippen LogP contribution in [-0.2, 0) is 19.1 Å². The van der Waals surface area contributed by atoms with E-state index in [0.717, 1.165) is 5.56 Å². The van der Waals surface area contributed by atoms with Crippen molar-refractivity contribution >= 4 is 17.8 Å². The number of amides is 1. The number of carbonyl (C=O) groups excluding carboxylic acids is 3. The molecule has 0 fully saturated rings. The Balaban J connectivity index is 2.40. The minimum atomic E-state index is -0.473. The van der Waals surface area contributed by atoms with Crippen molar-refractivity contribution in [3.63, 3.8) is 0 Å². The van der Waals surface area contributed by atoms with Crippen molar-refractivity contribution in [2.45, 2.75) is 19.3 Å². The first-order chi connectivity index (χ1) is 10.5. The molecule has 22 heavy (non-hydrogen) atoms. The molecule has 2 rings (SSSR count). The summed E-state index contributed by atoms with van der Waals surface area (Å²) in [6.07, 6.45) is 0.152. The maximum Gasteiger partial charge on any atom is 0.337 e. The van der Waals surface area contributed by atoms with Gasteiger partial charge in [0.15, 0.2) is 0 Å². The van der Waals surface area contributed by atoms with Gasteiger partial charge in [-0.15, -0.1) is 0 Å². The SMILES string of the molecule is COC(=O)C1=C(C)NC(=O)CC1c1ccc(C(=O)OC)cc1. The lowest BCUT2D eigenvalue weighted by molar-refractivity contribution is -0.136. The van der Waals surface area contributed by atoms with E-state index in [-0.39, 0.29) is 12.3 Å². The predicted molar refractivity (Wildman–Crippen MR) is 78.0 cm³/mol.